The molecule has 0 spiro atoms. The van der Waals surface area contributed by atoms with Crippen molar-refractivity contribution in [2.75, 3.05) is 16.8 Å². The Bertz CT molecular complexity index is 1290. The van der Waals surface area contributed by atoms with Gasteiger partial charge in [0.2, 0.25) is 0 Å². The minimum Gasteiger partial charge on any atom is -0.484 e. The molecule has 0 aromatic heterocycles. The zero-order chi connectivity index (χ0) is 24.2. The molecule has 3 aromatic carbocycles. The molecule has 2 amide bonds. The number of amides is 2. The van der Waals surface area contributed by atoms with Gasteiger partial charge in [-0.2, -0.15) is 0 Å². The van der Waals surface area contributed by atoms with Crippen molar-refractivity contribution in [2.24, 2.45) is 0 Å². The van der Waals surface area contributed by atoms with E-state index in [9.17, 15) is 14.0 Å². The van der Waals surface area contributed by atoms with Gasteiger partial charge >= 0.3 is 0 Å². The van der Waals surface area contributed by atoms with E-state index in [-0.39, 0.29) is 24.2 Å². The second-order valence-electron chi connectivity index (χ2n) is 7.67. The summed E-state index contributed by atoms with van der Waals surface area (Å²) in [7, 11) is 0. The second kappa shape index (κ2) is 10.2. The highest BCUT2D eigenvalue weighted by molar-refractivity contribution is 8.27. The fraction of sp³-hybridized carbons (Fsp3) is 0.115. The quantitative estimate of drug-likeness (QED) is 0.345. The van der Waals surface area contributed by atoms with Crippen LogP contribution < -0.4 is 15.0 Å². The Hall–Kier alpha value is -3.49. The first-order valence-electron chi connectivity index (χ1n) is 10.4. The van der Waals surface area contributed by atoms with E-state index in [1.807, 2.05) is 38.1 Å². The zero-order valence-corrected chi connectivity index (χ0v) is 20.1. The van der Waals surface area contributed by atoms with Gasteiger partial charge in [0.1, 0.15) is 11.6 Å². The number of hydrogen-bond donors (Lipinski definition) is 1. The third-order valence-corrected chi connectivity index (χ3v) is 6.45. The molecule has 4 rings (SSSR count). The first-order chi connectivity index (χ1) is 16.3. The molecule has 1 heterocycles. The van der Waals surface area contributed by atoms with Gasteiger partial charge in [-0.05, 0) is 73.0 Å². The summed E-state index contributed by atoms with van der Waals surface area (Å²) in [5.41, 5.74) is 3.99. The summed E-state index contributed by atoms with van der Waals surface area (Å²) >= 11 is 6.53. The smallest absolute Gasteiger partial charge is 0.270 e. The predicted molar refractivity (Wildman–Crippen MR) is 139 cm³/mol. The first-order valence-corrected chi connectivity index (χ1v) is 11.7. The lowest BCUT2D eigenvalue weighted by atomic mass is 10.1. The Morgan fingerprint density at radius 3 is 2.47 bits per heavy atom. The van der Waals surface area contributed by atoms with Crippen LogP contribution in [-0.2, 0) is 9.59 Å². The minimum atomic E-state index is -0.385. The van der Waals surface area contributed by atoms with Gasteiger partial charge in [0.05, 0.1) is 10.6 Å². The molecule has 8 heteroatoms. The maximum Gasteiger partial charge on any atom is 0.270 e. The number of ether oxygens (including phenoxy) is 1. The molecule has 0 aliphatic carbocycles. The number of hydrogen-bond acceptors (Lipinski definition) is 5. The van der Waals surface area contributed by atoms with E-state index in [4.69, 9.17) is 17.0 Å². The third-order valence-electron chi connectivity index (χ3n) is 5.15. The zero-order valence-electron chi connectivity index (χ0n) is 18.5. The van der Waals surface area contributed by atoms with E-state index >= 15 is 0 Å². The van der Waals surface area contributed by atoms with Crippen molar-refractivity contribution in [2.45, 2.75) is 13.8 Å². The Morgan fingerprint density at radius 1 is 1.09 bits per heavy atom. The number of aryl methyl sites for hydroxylation is 2. The molecule has 1 aliphatic rings. The van der Waals surface area contributed by atoms with Crippen LogP contribution in [0, 0.1) is 19.7 Å². The van der Waals surface area contributed by atoms with Crippen LogP contribution in [0.3, 0.4) is 0 Å². The number of carbonyl (C=O) groups is 2. The number of benzene rings is 3. The number of thioether (sulfide) groups is 1. The monoisotopic (exact) mass is 492 g/mol. The summed E-state index contributed by atoms with van der Waals surface area (Å²) in [4.78, 5) is 27.1. The molecule has 0 bridgehead atoms. The number of nitrogens with zero attached hydrogens (tertiary/aromatic N) is 1. The summed E-state index contributed by atoms with van der Waals surface area (Å²) in [6.45, 7) is 3.72. The fourth-order valence-corrected chi connectivity index (χ4v) is 4.76. The van der Waals surface area contributed by atoms with E-state index < -0.39 is 0 Å². The number of anilines is 2. The van der Waals surface area contributed by atoms with Gasteiger partial charge in [-0.15, -0.1) is 0 Å². The van der Waals surface area contributed by atoms with Crippen LogP contribution in [0.5, 0.6) is 5.75 Å². The van der Waals surface area contributed by atoms with Gasteiger partial charge in [0, 0.05) is 5.69 Å². The van der Waals surface area contributed by atoms with Crippen LogP contribution in [-0.4, -0.2) is 22.7 Å². The van der Waals surface area contributed by atoms with Crippen molar-refractivity contribution >= 4 is 57.6 Å². The van der Waals surface area contributed by atoms with Crippen LogP contribution in [0.2, 0.25) is 0 Å². The summed E-state index contributed by atoms with van der Waals surface area (Å²) in [6, 6.07) is 18.5. The molecule has 1 aliphatic heterocycles. The SMILES string of the molecule is Cc1cccc(C)c1NC(=O)COc1cccc(/C=C2\SC(=S)N(c3ccc(F)cc3)C2=O)c1. The summed E-state index contributed by atoms with van der Waals surface area (Å²) in [6.07, 6.45) is 1.71. The molecule has 1 saturated heterocycles. The van der Waals surface area contributed by atoms with Crippen LogP contribution in [0.4, 0.5) is 15.8 Å². The lowest BCUT2D eigenvalue weighted by Crippen LogP contribution is -2.27. The van der Waals surface area contributed by atoms with Gasteiger partial charge in [-0.3, -0.25) is 14.5 Å². The molecule has 0 saturated carbocycles. The predicted octanol–water partition coefficient (Wildman–Crippen LogP) is 5.87. The van der Waals surface area contributed by atoms with Gasteiger partial charge in [0.15, 0.2) is 10.9 Å². The number of rotatable bonds is 6. The van der Waals surface area contributed by atoms with Gasteiger partial charge < -0.3 is 10.1 Å². The average Bonchev–Trinajstić information content (AvgIpc) is 3.08. The molecule has 3 aromatic rings. The Morgan fingerprint density at radius 2 is 1.76 bits per heavy atom. The molecule has 172 valence electrons. The molecular formula is C26H21FN2O3S2. The summed E-state index contributed by atoms with van der Waals surface area (Å²) in [5.74, 6) is -0.424. The van der Waals surface area contributed by atoms with Crippen LogP contribution in [0.1, 0.15) is 16.7 Å². The molecule has 34 heavy (non-hydrogen) atoms. The van der Waals surface area contributed by atoms with Crippen molar-refractivity contribution in [3.05, 3.63) is 94.1 Å². The largest absolute Gasteiger partial charge is 0.484 e. The van der Waals surface area contributed by atoms with E-state index in [0.29, 0.717) is 20.7 Å². The number of para-hydroxylation sites is 1. The van der Waals surface area contributed by atoms with Crippen molar-refractivity contribution in [3.8, 4) is 5.75 Å². The van der Waals surface area contributed by atoms with Gasteiger partial charge in [-0.25, -0.2) is 4.39 Å². The fourth-order valence-electron chi connectivity index (χ4n) is 3.46. The number of halogens is 1. The number of carbonyl (C=O) groups excluding carboxylic acids is 2. The second-order valence-corrected chi connectivity index (χ2v) is 9.35. The Labute approximate surface area is 206 Å². The van der Waals surface area contributed by atoms with Crippen molar-refractivity contribution in [1.82, 2.24) is 0 Å². The van der Waals surface area contributed by atoms with Gasteiger partial charge in [-0.1, -0.05) is 54.3 Å². The van der Waals surface area contributed by atoms with Gasteiger partial charge in [0.25, 0.3) is 11.8 Å². The normalized spacial score (nSPS) is 14.6. The number of nitrogens with one attached hydrogen (secondary N) is 1. The summed E-state index contributed by atoms with van der Waals surface area (Å²) in [5, 5.41) is 2.89. The average molecular weight is 493 g/mol. The Kier molecular flexibility index (Phi) is 7.09. The van der Waals surface area contributed by atoms with E-state index in [0.717, 1.165) is 22.4 Å². The molecule has 0 atom stereocenters. The summed E-state index contributed by atoms with van der Waals surface area (Å²) < 4.78 is 19.3. The molecule has 0 radical (unpaired) electrons. The molecule has 0 unspecified atom stereocenters. The Balaban J connectivity index is 1.43. The maximum absolute atomic E-state index is 13.2. The number of thiocarbonyl (C=S) groups is 1. The van der Waals surface area contributed by atoms with Crippen molar-refractivity contribution in [3.63, 3.8) is 0 Å². The first kappa shape index (κ1) is 23.7. The molecule has 1 N–H and O–H groups in total. The maximum atomic E-state index is 13.2. The van der Waals surface area contributed by atoms with E-state index in [1.165, 1.54) is 40.9 Å². The lowest BCUT2D eigenvalue weighted by Gasteiger charge is -2.14. The van der Waals surface area contributed by atoms with Crippen LogP contribution in [0.15, 0.2) is 71.6 Å². The lowest BCUT2D eigenvalue weighted by molar-refractivity contribution is -0.118. The topological polar surface area (TPSA) is 58.6 Å². The molecule has 5 nitrogen and oxygen atoms in total. The standard InChI is InChI=1S/C26H21FN2O3S2/c1-16-5-3-6-17(2)24(16)28-23(30)15-32-21-8-4-7-18(13-21)14-22-25(31)29(26(33)34-22)20-11-9-19(27)10-12-20/h3-14H,15H2,1-2H3,(H,28,30)/b22-14-. The molecular weight excluding hydrogens is 471 g/mol. The third kappa shape index (κ3) is 5.35. The minimum absolute atomic E-state index is 0.149. The van der Waals surface area contributed by atoms with Crippen molar-refractivity contribution < 1.29 is 18.7 Å². The van der Waals surface area contributed by atoms with Crippen molar-refractivity contribution in [1.29, 1.82) is 0 Å². The molecule has 1 fully saturated rings. The van der Waals surface area contributed by atoms with E-state index in [2.05, 4.69) is 5.32 Å². The highest BCUT2D eigenvalue weighted by Crippen LogP contribution is 2.36. The van der Waals surface area contributed by atoms with Crippen LogP contribution in [0.25, 0.3) is 6.08 Å². The highest BCUT2D eigenvalue weighted by atomic mass is 32.2. The van der Waals surface area contributed by atoms with E-state index in [1.54, 1.807) is 24.3 Å². The highest BCUT2D eigenvalue weighted by Gasteiger charge is 2.33. The van der Waals surface area contributed by atoms with Crippen LogP contribution >= 0.6 is 24.0 Å².